The first-order valence-electron chi connectivity index (χ1n) is 8.57. The lowest BCUT2D eigenvalue weighted by Crippen LogP contribution is -2.39. The van der Waals surface area contributed by atoms with E-state index in [1.54, 1.807) is 12.1 Å². The van der Waals surface area contributed by atoms with Crippen molar-refractivity contribution in [2.75, 3.05) is 37.2 Å². The van der Waals surface area contributed by atoms with Crippen LogP contribution in [0.1, 0.15) is 26.3 Å². The molecule has 1 aromatic rings. The van der Waals surface area contributed by atoms with Crippen molar-refractivity contribution in [3.05, 3.63) is 28.8 Å². The van der Waals surface area contributed by atoms with Crippen LogP contribution in [0.2, 0.25) is 5.02 Å². The Labute approximate surface area is 170 Å². The Kier molecular flexibility index (Phi) is 9.98. The van der Waals surface area contributed by atoms with Gasteiger partial charge in [-0.2, -0.15) is 0 Å². The fourth-order valence-corrected chi connectivity index (χ4v) is 3.73. The zero-order valence-electron chi connectivity index (χ0n) is 15.7. The minimum absolute atomic E-state index is 0.000121. The Morgan fingerprint density at radius 2 is 1.77 bits per heavy atom. The Morgan fingerprint density at radius 3 is 2.35 bits per heavy atom. The maximum Gasteiger partial charge on any atom is 0.244 e. The van der Waals surface area contributed by atoms with E-state index in [1.165, 1.54) is 16.7 Å². The summed E-state index contributed by atoms with van der Waals surface area (Å²) in [6.45, 7) is 9.88. The summed E-state index contributed by atoms with van der Waals surface area (Å²) >= 11 is 12.6. The molecule has 0 aliphatic heterocycles. The summed E-state index contributed by atoms with van der Waals surface area (Å²) in [4.78, 5) is 28.3. The van der Waals surface area contributed by atoms with Crippen molar-refractivity contribution in [2.24, 2.45) is 0 Å². The number of halogens is 1. The molecule has 1 rings (SSSR count). The van der Waals surface area contributed by atoms with Gasteiger partial charge in [0.15, 0.2) is 0 Å². The number of aryl methyl sites for hydroxylation is 1. The van der Waals surface area contributed by atoms with Crippen LogP contribution in [-0.2, 0) is 9.59 Å². The molecule has 0 aliphatic rings. The Hall–Kier alpha value is -1.31. The van der Waals surface area contributed by atoms with Crippen LogP contribution in [0.15, 0.2) is 18.2 Å². The van der Waals surface area contributed by atoms with Crippen LogP contribution < -0.4 is 5.32 Å². The second kappa shape index (κ2) is 11.4. The highest BCUT2D eigenvalue weighted by atomic mass is 35.5. The van der Waals surface area contributed by atoms with Gasteiger partial charge < -0.3 is 15.1 Å². The van der Waals surface area contributed by atoms with Gasteiger partial charge in [-0.15, -0.1) is 0 Å². The van der Waals surface area contributed by atoms with Crippen molar-refractivity contribution >= 4 is 57.4 Å². The van der Waals surface area contributed by atoms with Gasteiger partial charge in [0.05, 0.1) is 12.3 Å². The molecule has 144 valence electrons. The fraction of sp³-hybridized carbons (Fsp3) is 0.500. The number of thiocarbonyl (C=S) groups is 1. The van der Waals surface area contributed by atoms with E-state index in [4.69, 9.17) is 23.8 Å². The molecule has 0 unspecified atom stereocenters. The molecule has 0 aliphatic carbocycles. The number of carbonyl (C=O) groups is 2. The third-order valence-corrected chi connectivity index (χ3v) is 5.63. The van der Waals surface area contributed by atoms with E-state index in [0.717, 1.165) is 18.7 Å². The molecule has 8 heteroatoms. The summed E-state index contributed by atoms with van der Waals surface area (Å²) in [6, 6.07) is 5.31. The molecule has 26 heavy (non-hydrogen) atoms. The maximum absolute atomic E-state index is 12.4. The van der Waals surface area contributed by atoms with E-state index < -0.39 is 0 Å². The molecule has 0 aromatic heterocycles. The predicted molar refractivity (Wildman–Crippen MR) is 115 cm³/mol. The van der Waals surface area contributed by atoms with Gasteiger partial charge in [-0.05, 0) is 45.4 Å². The SMILES string of the molecule is CCN(CC(=O)Nc1cc(Cl)ccc1C)C(=O)CSC(=S)N(CC)CC. The average molecular weight is 416 g/mol. The van der Waals surface area contributed by atoms with Crippen LogP contribution in [0.4, 0.5) is 5.69 Å². The van der Waals surface area contributed by atoms with Gasteiger partial charge in [0.1, 0.15) is 4.32 Å². The summed E-state index contributed by atoms with van der Waals surface area (Å²) in [6.07, 6.45) is 0. The molecular formula is C18H26ClN3O2S2. The zero-order chi connectivity index (χ0) is 19.7. The molecule has 0 atom stereocenters. The first-order chi connectivity index (χ1) is 12.3. The Morgan fingerprint density at radius 1 is 1.15 bits per heavy atom. The highest BCUT2D eigenvalue weighted by molar-refractivity contribution is 8.23. The first kappa shape index (κ1) is 22.7. The highest BCUT2D eigenvalue weighted by Gasteiger charge is 2.18. The second-order valence-electron chi connectivity index (χ2n) is 5.64. The quantitative estimate of drug-likeness (QED) is 0.654. The van der Waals surface area contributed by atoms with Crippen molar-refractivity contribution in [3.8, 4) is 0 Å². The van der Waals surface area contributed by atoms with Crippen LogP contribution in [0.3, 0.4) is 0 Å². The normalized spacial score (nSPS) is 10.3. The second-order valence-corrected chi connectivity index (χ2v) is 7.69. The van der Waals surface area contributed by atoms with Gasteiger partial charge >= 0.3 is 0 Å². The van der Waals surface area contributed by atoms with E-state index >= 15 is 0 Å². The molecule has 1 N–H and O–H groups in total. The van der Waals surface area contributed by atoms with Gasteiger partial charge in [-0.25, -0.2) is 0 Å². The van der Waals surface area contributed by atoms with Crippen LogP contribution in [0.5, 0.6) is 0 Å². The number of carbonyl (C=O) groups excluding carboxylic acids is 2. The lowest BCUT2D eigenvalue weighted by Gasteiger charge is -2.23. The first-order valence-corrected chi connectivity index (χ1v) is 10.3. The predicted octanol–water partition coefficient (Wildman–Crippen LogP) is 3.80. The van der Waals surface area contributed by atoms with Gasteiger partial charge in [0.25, 0.3) is 0 Å². The van der Waals surface area contributed by atoms with Gasteiger partial charge in [-0.1, -0.05) is 41.6 Å². The number of likely N-dealkylation sites (N-methyl/N-ethyl adjacent to an activating group) is 1. The maximum atomic E-state index is 12.4. The van der Waals surface area contributed by atoms with Crippen LogP contribution in [0, 0.1) is 6.92 Å². The van der Waals surface area contributed by atoms with Gasteiger partial charge in [-0.3, -0.25) is 9.59 Å². The molecule has 0 heterocycles. The molecule has 0 fully saturated rings. The standard InChI is InChI=1S/C18H26ClN3O2S2/c1-5-21(6-2)18(25)26-12-17(24)22(7-3)11-16(23)20-15-10-14(19)9-8-13(15)4/h8-10H,5-7,11-12H2,1-4H3,(H,20,23). The van der Waals surface area contributed by atoms with Crippen molar-refractivity contribution in [3.63, 3.8) is 0 Å². The number of hydrogen-bond donors (Lipinski definition) is 1. The number of rotatable bonds is 8. The van der Waals surface area contributed by atoms with E-state index in [2.05, 4.69) is 5.32 Å². The lowest BCUT2D eigenvalue weighted by molar-refractivity contribution is -0.132. The number of nitrogens with one attached hydrogen (secondary N) is 1. The molecule has 0 saturated carbocycles. The molecule has 0 radical (unpaired) electrons. The topological polar surface area (TPSA) is 52.7 Å². The largest absolute Gasteiger partial charge is 0.358 e. The van der Waals surface area contributed by atoms with E-state index in [9.17, 15) is 9.59 Å². The molecule has 0 saturated heterocycles. The summed E-state index contributed by atoms with van der Waals surface area (Å²) in [5.41, 5.74) is 1.57. The average Bonchev–Trinajstić information content (AvgIpc) is 2.61. The van der Waals surface area contributed by atoms with E-state index in [1.807, 2.05) is 38.7 Å². The van der Waals surface area contributed by atoms with E-state index in [-0.39, 0.29) is 24.1 Å². The number of nitrogens with zero attached hydrogens (tertiary/aromatic N) is 2. The van der Waals surface area contributed by atoms with Gasteiger partial charge in [0, 0.05) is 30.3 Å². The number of anilines is 1. The molecule has 2 amide bonds. The number of amides is 2. The molecule has 1 aromatic carbocycles. The molecule has 0 bridgehead atoms. The van der Waals surface area contributed by atoms with Crippen molar-refractivity contribution in [1.82, 2.24) is 9.80 Å². The fourth-order valence-electron chi connectivity index (χ4n) is 2.26. The Balaban J connectivity index is 2.59. The number of hydrogen-bond acceptors (Lipinski definition) is 4. The van der Waals surface area contributed by atoms with Crippen molar-refractivity contribution in [2.45, 2.75) is 27.7 Å². The lowest BCUT2D eigenvalue weighted by atomic mass is 10.2. The highest BCUT2D eigenvalue weighted by Crippen LogP contribution is 2.20. The van der Waals surface area contributed by atoms with E-state index in [0.29, 0.717) is 21.6 Å². The van der Waals surface area contributed by atoms with Crippen LogP contribution >= 0.6 is 35.6 Å². The van der Waals surface area contributed by atoms with Crippen molar-refractivity contribution < 1.29 is 9.59 Å². The number of benzene rings is 1. The van der Waals surface area contributed by atoms with Gasteiger partial charge in [0.2, 0.25) is 11.8 Å². The third-order valence-electron chi connectivity index (χ3n) is 3.88. The minimum Gasteiger partial charge on any atom is -0.358 e. The zero-order valence-corrected chi connectivity index (χ0v) is 18.1. The molecular weight excluding hydrogens is 390 g/mol. The monoisotopic (exact) mass is 415 g/mol. The summed E-state index contributed by atoms with van der Waals surface area (Å²) in [5.74, 6) is -0.126. The van der Waals surface area contributed by atoms with Crippen LogP contribution in [-0.4, -0.2) is 57.9 Å². The van der Waals surface area contributed by atoms with Crippen LogP contribution in [0.25, 0.3) is 0 Å². The van der Waals surface area contributed by atoms with Crippen molar-refractivity contribution in [1.29, 1.82) is 0 Å². The molecule has 0 spiro atoms. The molecule has 5 nitrogen and oxygen atoms in total. The smallest absolute Gasteiger partial charge is 0.244 e. The number of thioether (sulfide) groups is 1. The summed E-state index contributed by atoms with van der Waals surface area (Å²) < 4.78 is 0.707. The Bertz CT molecular complexity index is 651. The third kappa shape index (κ3) is 7.13. The summed E-state index contributed by atoms with van der Waals surface area (Å²) in [5, 5.41) is 3.37. The minimum atomic E-state index is -0.248. The summed E-state index contributed by atoms with van der Waals surface area (Å²) in [7, 11) is 0.